The lowest BCUT2D eigenvalue weighted by Gasteiger charge is -2.42. The minimum Gasteiger partial charge on any atom is -0.492 e. The van der Waals surface area contributed by atoms with E-state index in [1.807, 2.05) is 4.90 Å². The van der Waals surface area contributed by atoms with Gasteiger partial charge in [0.25, 0.3) is 5.91 Å². The molecule has 0 spiro atoms. The molecular formula is C21H20N8O2. The lowest BCUT2D eigenvalue weighted by molar-refractivity contribution is 0.0716. The molecule has 2 aliphatic rings. The number of pyridine rings is 2. The second-order valence-corrected chi connectivity index (χ2v) is 7.55. The average molecular weight is 416 g/mol. The number of ether oxygens (including phenoxy) is 1. The van der Waals surface area contributed by atoms with Crippen LogP contribution in [0.15, 0.2) is 43.0 Å². The predicted molar refractivity (Wildman–Crippen MR) is 110 cm³/mol. The summed E-state index contributed by atoms with van der Waals surface area (Å²) in [7, 11) is 1.55. The van der Waals surface area contributed by atoms with Gasteiger partial charge in [0.2, 0.25) is 0 Å². The number of piperazine rings is 1. The number of methoxy groups -OCH3 is 1. The highest BCUT2D eigenvalue weighted by atomic mass is 16.5. The minimum absolute atomic E-state index is 0.0825. The average Bonchev–Trinajstić information content (AvgIpc) is 3.44. The van der Waals surface area contributed by atoms with Crippen LogP contribution >= 0.6 is 0 Å². The van der Waals surface area contributed by atoms with Crippen LogP contribution in [0.2, 0.25) is 0 Å². The molecule has 2 bridgehead atoms. The Kier molecular flexibility index (Phi) is 4.71. The molecule has 0 aromatic carbocycles. The third kappa shape index (κ3) is 3.15. The van der Waals surface area contributed by atoms with Crippen LogP contribution < -0.4 is 9.64 Å². The zero-order chi connectivity index (χ0) is 21.4. The van der Waals surface area contributed by atoms with Gasteiger partial charge in [0.15, 0.2) is 17.4 Å². The van der Waals surface area contributed by atoms with Gasteiger partial charge in [-0.2, -0.15) is 5.26 Å². The Balaban J connectivity index is 1.43. The normalized spacial score (nSPS) is 19.9. The molecule has 2 unspecified atom stereocenters. The van der Waals surface area contributed by atoms with E-state index < -0.39 is 0 Å². The van der Waals surface area contributed by atoms with Gasteiger partial charge in [-0.3, -0.25) is 4.79 Å². The highest BCUT2D eigenvalue weighted by molar-refractivity contribution is 5.97. The van der Waals surface area contributed by atoms with E-state index in [1.165, 1.54) is 4.68 Å². The van der Waals surface area contributed by atoms with E-state index >= 15 is 0 Å². The predicted octanol–water partition coefficient (Wildman–Crippen LogP) is 1.43. The van der Waals surface area contributed by atoms with Crippen molar-refractivity contribution in [2.75, 3.05) is 25.1 Å². The number of hydrogen-bond donors (Lipinski definition) is 0. The van der Waals surface area contributed by atoms with Gasteiger partial charge < -0.3 is 14.5 Å². The van der Waals surface area contributed by atoms with Crippen LogP contribution in [-0.4, -0.2) is 68.1 Å². The van der Waals surface area contributed by atoms with Gasteiger partial charge in [-0.05, 0) is 31.0 Å². The molecule has 5 rings (SSSR count). The van der Waals surface area contributed by atoms with Crippen LogP contribution in [0.3, 0.4) is 0 Å². The van der Waals surface area contributed by atoms with Gasteiger partial charge >= 0.3 is 0 Å². The van der Waals surface area contributed by atoms with E-state index in [0.717, 1.165) is 12.8 Å². The summed E-state index contributed by atoms with van der Waals surface area (Å²) >= 11 is 0. The van der Waals surface area contributed by atoms with Crippen LogP contribution in [0.1, 0.15) is 28.8 Å². The van der Waals surface area contributed by atoms with Crippen molar-refractivity contribution < 1.29 is 9.53 Å². The smallest absolute Gasteiger partial charge is 0.257 e. The molecule has 2 saturated heterocycles. The summed E-state index contributed by atoms with van der Waals surface area (Å²) in [5, 5.41) is 17.2. The molecule has 2 aliphatic heterocycles. The number of aromatic nitrogens is 5. The zero-order valence-corrected chi connectivity index (χ0v) is 16.9. The molecule has 156 valence electrons. The van der Waals surface area contributed by atoms with Crippen molar-refractivity contribution in [3.05, 3.63) is 54.1 Å². The molecule has 10 heteroatoms. The molecule has 2 fully saturated rings. The summed E-state index contributed by atoms with van der Waals surface area (Å²) in [4.78, 5) is 26.4. The number of nitriles is 1. The lowest BCUT2D eigenvalue weighted by Crippen LogP contribution is -2.56. The fourth-order valence-electron chi connectivity index (χ4n) is 4.56. The van der Waals surface area contributed by atoms with Gasteiger partial charge in [-0.1, -0.05) is 5.21 Å². The third-order valence-electron chi connectivity index (χ3n) is 5.88. The lowest BCUT2D eigenvalue weighted by atomic mass is 10.1. The Morgan fingerprint density at radius 1 is 1.13 bits per heavy atom. The van der Waals surface area contributed by atoms with Crippen LogP contribution in [0.5, 0.6) is 5.75 Å². The molecule has 5 heterocycles. The minimum atomic E-state index is -0.0825. The Bertz CT molecular complexity index is 1140. The Morgan fingerprint density at radius 3 is 2.58 bits per heavy atom. The molecule has 3 aromatic heterocycles. The number of anilines is 1. The van der Waals surface area contributed by atoms with Crippen molar-refractivity contribution in [1.82, 2.24) is 29.9 Å². The van der Waals surface area contributed by atoms with Crippen molar-refractivity contribution in [2.45, 2.75) is 24.9 Å². The van der Waals surface area contributed by atoms with E-state index in [9.17, 15) is 10.1 Å². The van der Waals surface area contributed by atoms with E-state index in [-0.39, 0.29) is 18.0 Å². The summed E-state index contributed by atoms with van der Waals surface area (Å²) in [5.41, 5.74) is 0.946. The summed E-state index contributed by atoms with van der Waals surface area (Å²) in [6.07, 6.45) is 8.37. The number of rotatable bonds is 4. The number of carbonyl (C=O) groups excluding carboxylic acids is 1. The van der Waals surface area contributed by atoms with Crippen molar-refractivity contribution >= 4 is 11.7 Å². The summed E-state index contributed by atoms with van der Waals surface area (Å²) in [6, 6.07) is 7.54. The molecule has 0 saturated carbocycles. The topological polar surface area (TPSA) is 113 Å². The van der Waals surface area contributed by atoms with Gasteiger partial charge in [-0.15, -0.1) is 5.10 Å². The fraction of sp³-hybridized carbons (Fsp3) is 0.333. The van der Waals surface area contributed by atoms with Crippen molar-refractivity contribution in [1.29, 1.82) is 5.26 Å². The van der Waals surface area contributed by atoms with E-state index in [1.54, 1.807) is 50.1 Å². The van der Waals surface area contributed by atoms with Gasteiger partial charge in [0.05, 0.1) is 30.6 Å². The Morgan fingerprint density at radius 2 is 1.90 bits per heavy atom. The molecular weight excluding hydrogens is 396 g/mol. The maximum Gasteiger partial charge on any atom is 0.257 e. The van der Waals surface area contributed by atoms with Crippen LogP contribution in [-0.2, 0) is 0 Å². The molecule has 0 N–H and O–H groups in total. The summed E-state index contributed by atoms with van der Waals surface area (Å²) in [5.74, 6) is 1.54. The van der Waals surface area contributed by atoms with Gasteiger partial charge in [0, 0.05) is 37.6 Å². The van der Waals surface area contributed by atoms with Crippen LogP contribution in [0, 0.1) is 11.3 Å². The highest BCUT2D eigenvalue weighted by Crippen LogP contribution is 2.39. The molecule has 31 heavy (non-hydrogen) atoms. The third-order valence-corrected chi connectivity index (χ3v) is 5.88. The van der Waals surface area contributed by atoms with Crippen LogP contribution in [0.4, 0.5) is 5.82 Å². The first-order chi connectivity index (χ1) is 15.2. The maximum atomic E-state index is 13.4. The molecule has 10 nitrogen and oxygen atoms in total. The Hall–Kier alpha value is -4.00. The van der Waals surface area contributed by atoms with Crippen molar-refractivity contribution in [3.63, 3.8) is 0 Å². The first-order valence-corrected chi connectivity index (χ1v) is 10.0. The van der Waals surface area contributed by atoms with E-state index in [0.29, 0.717) is 41.6 Å². The summed E-state index contributed by atoms with van der Waals surface area (Å²) in [6.45, 7) is 1.12. The SMILES string of the molecule is COc1c(C#N)ccnc1N1C2CCC1CN(C(=O)c1cccnc1-n1ccnn1)C2. The largest absolute Gasteiger partial charge is 0.492 e. The molecule has 0 aliphatic carbocycles. The molecule has 3 aromatic rings. The number of fused-ring (bicyclic) bond motifs is 2. The second-order valence-electron chi connectivity index (χ2n) is 7.55. The number of amides is 1. The van der Waals surface area contributed by atoms with E-state index in [4.69, 9.17) is 4.74 Å². The molecule has 0 radical (unpaired) electrons. The van der Waals surface area contributed by atoms with Crippen LogP contribution in [0.25, 0.3) is 5.82 Å². The molecule has 2 atom stereocenters. The number of hydrogen-bond acceptors (Lipinski definition) is 8. The van der Waals surface area contributed by atoms with Crippen molar-refractivity contribution in [2.24, 2.45) is 0 Å². The second kappa shape index (κ2) is 7.68. The van der Waals surface area contributed by atoms with Crippen molar-refractivity contribution in [3.8, 4) is 17.6 Å². The Labute approximate surface area is 178 Å². The number of likely N-dealkylation sites (tertiary alicyclic amines) is 1. The van der Waals surface area contributed by atoms with Gasteiger partial charge in [0.1, 0.15) is 6.07 Å². The zero-order valence-electron chi connectivity index (χ0n) is 16.9. The monoisotopic (exact) mass is 416 g/mol. The molecule has 1 amide bonds. The summed E-state index contributed by atoms with van der Waals surface area (Å²) < 4.78 is 7.01. The van der Waals surface area contributed by atoms with E-state index in [2.05, 4.69) is 31.2 Å². The first-order valence-electron chi connectivity index (χ1n) is 10.0. The van der Waals surface area contributed by atoms with Gasteiger partial charge in [-0.25, -0.2) is 14.6 Å². The number of nitrogens with zero attached hydrogens (tertiary/aromatic N) is 8. The fourth-order valence-corrected chi connectivity index (χ4v) is 4.56. The maximum absolute atomic E-state index is 13.4. The number of carbonyl (C=O) groups is 1. The standard InChI is InChI=1S/C21H20N8O2/c1-31-18-14(11-22)6-8-24-20(18)29-15-4-5-16(29)13-27(12-15)21(30)17-3-2-7-23-19(17)28-10-9-25-26-28/h2-3,6-10,15-16H,4-5,12-13H2,1H3. The highest BCUT2D eigenvalue weighted by Gasteiger charge is 2.43. The first kappa shape index (κ1) is 19.0. The quantitative estimate of drug-likeness (QED) is 0.628.